The first kappa shape index (κ1) is 25.4. The van der Waals surface area contributed by atoms with Crippen LogP contribution in [-0.2, 0) is 9.22 Å². The van der Waals surface area contributed by atoms with Crippen molar-refractivity contribution in [2.75, 3.05) is 18.0 Å². The van der Waals surface area contributed by atoms with Crippen molar-refractivity contribution < 1.29 is 14.0 Å². The van der Waals surface area contributed by atoms with Gasteiger partial charge in [0.15, 0.2) is 19.3 Å². The van der Waals surface area contributed by atoms with Crippen LogP contribution >= 0.6 is 23.1 Å². The number of aromatic nitrogens is 1. The van der Waals surface area contributed by atoms with Crippen LogP contribution in [0.5, 0.6) is 0 Å². The molecule has 3 atom stereocenters. The summed E-state index contributed by atoms with van der Waals surface area (Å²) >= 11 is 2.87. The van der Waals surface area contributed by atoms with Gasteiger partial charge in [0, 0.05) is 30.6 Å². The van der Waals surface area contributed by atoms with Crippen LogP contribution in [0.25, 0.3) is 0 Å². The Morgan fingerprint density at radius 1 is 1.40 bits per heavy atom. The molecule has 0 saturated carbocycles. The van der Waals surface area contributed by atoms with Crippen LogP contribution in [0, 0.1) is 11.3 Å². The van der Waals surface area contributed by atoms with Crippen LogP contribution in [-0.4, -0.2) is 55.5 Å². The monoisotopic (exact) mass is 471 g/mol. The molecule has 2 rings (SSSR count). The number of nitrogens with one attached hydrogen (secondary N) is 1. The highest BCUT2D eigenvalue weighted by Crippen LogP contribution is 2.32. The highest BCUT2D eigenvalue weighted by atomic mass is 32.2. The molecule has 0 spiro atoms. The van der Waals surface area contributed by atoms with Crippen molar-refractivity contribution in [1.29, 1.82) is 0 Å². The summed E-state index contributed by atoms with van der Waals surface area (Å²) in [7, 11) is -1.28. The molecule has 1 unspecified atom stereocenters. The molecular formula is C21H37N3O3S2Si. The lowest BCUT2D eigenvalue weighted by atomic mass is 9.79. The van der Waals surface area contributed by atoms with Gasteiger partial charge in [-0.25, -0.2) is 4.98 Å². The largest absolute Gasteiger partial charge is 0.415 e. The van der Waals surface area contributed by atoms with Gasteiger partial charge in [-0.15, -0.1) is 11.3 Å². The topological polar surface area (TPSA) is 71.5 Å². The molecule has 170 valence electrons. The lowest BCUT2D eigenvalue weighted by Crippen LogP contribution is -2.54. The predicted molar refractivity (Wildman–Crippen MR) is 130 cm³/mol. The summed E-state index contributed by atoms with van der Waals surface area (Å²) in [6.07, 6.45) is 0.923. The fourth-order valence-corrected chi connectivity index (χ4v) is 6.50. The van der Waals surface area contributed by atoms with Gasteiger partial charge in [-0.3, -0.25) is 9.59 Å². The van der Waals surface area contributed by atoms with Gasteiger partial charge in [-0.05, 0) is 24.4 Å². The van der Waals surface area contributed by atoms with E-state index in [9.17, 15) is 9.59 Å². The minimum Gasteiger partial charge on any atom is -0.415 e. The fraction of sp³-hybridized carbons (Fsp3) is 0.762. The normalized spacial score (nSPS) is 18.1. The number of carbonyl (C=O) groups is 2. The van der Waals surface area contributed by atoms with Gasteiger partial charge in [0.25, 0.3) is 5.91 Å². The maximum absolute atomic E-state index is 13.1. The van der Waals surface area contributed by atoms with Crippen molar-refractivity contribution in [3.05, 3.63) is 11.1 Å². The first-order valence-corrected chi connectivity index (χ1v) is 15.3. The van der Waals surface area contributed by atoms with Gasteiger partial charge in [0.2, 0.25) is 0 Å². The number of carbonyl (C=O) groups excluding carboxylic acids is 2. The molecule has 1 aliphatic rings. The van der Waals surface area contributed by atoms with E-state index in [4.69, 9.17) is 4.43 Å². The van der Waals surface area contributed by atoms with Crippen LogP contribution in [0.4, 0.5) is 5.13 Å². The van der Waals surface area contributed by atoms with E-state index < -0.39 is 9.04 Å². The third kappa shape index (κ3) is 6.80. The number of amides is 1. The van der Waals surface area contributed by atoms with Crippen molar-refractivity contribution in [2.45, 2.75) is 78.5 Å². The van der Waals surface area contributed by atoms with E-state index in [-0.39, 0.29) is 28.6 Å². The summed E-state index contributed by atoms with van der Waals surface area (Å²) in [4.78, 5) is 31.0. The number of nitrogens with zero attached hydrogens (tertiary/aromatic N) is 2. The summed E-state index contributed by atoms with van der Waals surface area (Å²) < 4.78 is 6.42. The lowest BCUT2D eigenvalue weighted by molar-refractivity contribution is -0.109. The standard InChI is InChI=1S/C21H37N3O3S2Si/c1-9-13(2)17(18(21(4,5)6)27-30(7)8)23-19(26)16-12-28-20(22-16)24-10-15(11-24)29-14(3)25/h12-13,15,17-18,30H,9-11H2,1-8H3,(H,23,26)/t13-,17-,18?/m0/s1. The van der Waals surface area contributed by atoms with E-state index in [1.54, 1.807) is 6.92 Å². The maximum atomic E-state index is 13.1. The molecule has 2 heterocycles. The second kappa shape index (κ2) is 10.6. The van der Waals surface area contributed by atoms with Crippen molar-refractivity contribution in [2.24, 2.45) is 11.3 Å². The molecular weight excluding hydrogens is 434 g/mol. The Morgan fingerprint density at radius 3 is 2.53 bits per heavy atom. The van der Waals surface area contributed by atoms with Crippen molar-refractivity contribution in [3.8, 4) is 0 Å². The molecule has 1 aromatic heterocycles. The Labute approximate surface area is 191 Å². The Balaban J connectivity index is 2.09. The number of thiazole rings is 1. The molecule has 0 bridgehead atoms. The van der Waals surface area contributed by atoms with Gasteiger partial charge >= 0.3 is 0 Å². The molecule has 1 fully saturated rings. The van der Waals surface area contributed by atoms with Crippen LogP contribution < -0.4 is 10.2 Å². The number of hydrogen-bond acceptors (Lipinski definition) is 7. The number of thioether (sulfide) groups is 1. The lowest BCUT2D eigenvalue weighted by Gasteiger charge is -2.41. The Morgan fingerprint density at radius 2 is 2.03 bits per heavy atom. The Bertz CT molecular complexity index is 729. The van der Waals surface area contributed by atoms with E-state index in [1.165, 1.54) is 23.1 Å². The zero-order valence-electron chi connectivity index (χ0n) is 19.5. The molecule has 0 radical (unpaired) electrons. The zero-order valence-corrected chi connectivity index (χ0v) is 22.3. The van der Waals surface area contributed by atoms with Gasteiger partial charge in [0.05, 0.1) is 12.1 Å². The first-order chi connectivity index (χ1) is 13.9. The first-order valence-electron chi connectivity index (χ1n) is 10.8. The molecule has 0 aromatic carbocycles. The summed E-state index contributed by atoms with van der Waals surface area (Å²) in [6, 6.07) is -0.0668. The van der Waals surface area contributed by atoms with E-state index in [0.717, 1.165) is 24.6 Å². The van der Waals surface area contributed by atoms with Crippen molar-refractivity contribution in [3.63, 3.8) is 0 Å². The SMILES string of the molecule is CC[C@H](C)[C@H](NC(=O)c1csc(N2CC(SC(C)=O)C2)n1)C(O[SiH](C)C)C(C)(C)C. The maximum Gasteiger partial charge on any atom is 0.271 e. The molecule has 6 nitrogen and oxygen atoms in total. The van der Waals surface area contributed by atoms with Gasteiger partial charge in [0.1, 0.15) is 5.69 Å². The smallest absolute Gasteiger partial charge is 0.271 e. The molecule has 9 heteroatoms. The molecule has 1 aromatic rings. The van der Waals surface area contributed by atoms with Crippen molar-refractivity contribution >= 4 is 48.3 Å². The Hall–Kier alpha value is -0.903. The van der Waals surface area contributed by atoms with Crippen LogP contribution in [0.3, 0.4) is 0 Å². The van der Waals surface area contributed by atoms with E-state index in [0.29, 0.717) is 16.9 Å². The van der Waals surface area contributed by atoms with Crippen LogP contribution in [0.2, 0.25) is 13.1 Å². The average molecular weight is 472 g/mol. The van der Waals surface area contributed by atoms with Gasteiger partial charge in [-0.1, -0.05) is 52.8 Å². The summed E-state index contributed by atoms with van der Waals surface area (Å²) in [6.45, 7) is 18.4. The molecule has 1 amide bonds. The third-order valence-corrected chi connectivity index (χ3v) is 8.03. The second-order valence-electron chi connectivity index (χ2n) is 9.51. The van der Waals surface area contributed by atoms with Gasteiger partial charge in [-0.2, -0.15) is 0 Å². The molecule has 1 aliphatic heterocycles. The van der Waals surface area contributed by atoms with Crippen LogP contribution in [0.1, 0.15) is 58.5 Å². The quantitative estimate of drug-likeness (QED) is 0.545. The van der Waals surface area contributed by atoms with E-state index in [1.807, 2.05) is 5.38 Å². The van der Waals surface area contributed by atoms with E-state index >= 15 is 0 Å². The molecule has 1 N–H and O–H groups in total. The van der Waals surface area contributed by atoms with Crippen LogP contribution in [0.15, 0.2) is 5.38 Å². The second-order valence-corrected chi connectivity index (χ2v) is 14.2. The summed E-state index contributed by atoms with van der Waals surface area (Å²) in [5.74, 6) is 0.157. The summed E-state index contributed by atoms with van der Waals surface area (Å²) in [5, 5.41) is 6.40. The van der Waals surface area contributed by atoms with Gasteiger partial charge < -0.3 is 14.6 Å². The number of anilines is 1. The minimum atomic E-state index is -1.28. The highest BCUT2D eigenvalue weighted by Gasteiger charge is 2.38. The highest BCUT2D eigenvalue weighted by molar-refractivity contribution is 8.14. The fourth-order valence-electron chi connectivity index (χ4n) is 3.53. The van der Waals surface area contributed by atoms with E-state index in [2.05, 4.69) is 62.9 Å². The zero-order chi connectivity index (χ0) is 22.6. The minimum absolute atomic E-state index is 0.0408. The number of rotatable bonds is 9. The average Bonchev–Trinajstić information content (AvgIpc) is 3.08. The van der Waals surface area contributed by atoms with Crippen molar-refractivity contribution in [1.82, 2.24) is 10.3 Å². The molecule has 30 heavy (non-hydrogen) atoms. The molecule has 0 aliphatic carbocycles. The number of hydrogen-bond donors (Lipinski definition) is 1. The Kier molecular flexibility index (Phi) is 8.97. The predicted octanol–water partition coefficient (Wildman–Crippen LogP) is 4.17. The third-order valence-electron chi connectivity index (χ3n) is 5.33. The summed E-state index contributed by atoms with van der Waals surface area (Å²) in [5.41, 5.74) is 0.382. The molecule has 1 saturated heterocycles.